The van der Waals surface area contributed by atoms with Crippen molar-refractivity contribution >= 4 is 30.8 Å². The summed E-state index contributed by atoms with van der Waals surface area (Å²) in [6.45, 7) is 19.5. The molecule has 2 aliphatic rings. The number of hydrogen-bond acceptors (Lipinski definition) is 0. The monoisotopic (exact) mass is 525 g/mol. The minimum Gasteiger partial charge on any atom is -0.147 e. The molecule has 0 aromatic rings. The van der Waals surface area contributed by atoms with Crippen molar-refractivity contribution < 1.29 is 20.6 Å². The summed E-state index contributed by atoms with van der Waals surface area (Å²) < 4.78 is 3.89. The number of rotatable bonds is 3. The van der Waals surface area contributed by atoms with Crippen LogP contribution >= 0.6 is 24.8 Å². The van der Waals surface area contributed by atoms with Gasteiger partial charge in [-0.25, -0.2) is 0 Å². The molecule has 0 aromatic carbocycles. The molecular formula is C18H31Cl2HfSi. The molecule has 4 heteroatoms. The molecule has 0 radical (unpaired) electrons. The standard InChI is InChI=1S/2C8H11.C2H7Si.2ClH.Hf/c2*1-6-4-7(2)8(3)5-6;1-3-2;;;/h2*4,8H,1-3H3;3H,1-2H3;2*1H;. The summed E-state index contributed by atoms with van der Waals surface area (Å²) in [5, 5.41) is 0. The van der Waals surface area contributed by atoms with Crippen LogP contribution in [-0.4, -0.2) is 5.98 Å². The van der Waals surface area contributed by atoms with Crippen LogP contribution in [0.25, 0.3) is 0 Å². The van der Waals surface area contributed by atoms with Gasteiger partial charge in [-0.05, 0) is 0 Å². The van der Waals surface area contributed by atoms with E-state index in [2.05, 4.69) is 66.8 Å². The van der Waals surface area contributed by atoms with E-state index in [-0.39, 0.29) is 24.8 Å². The molecule has 125 valence electrons. The average molecular weight is 525 g/mol. The van der Waals surface area contributed by atoms with E-state index in [1.807, 2.05) is 6.66 Å². The summed E-state index contributed by atoms with van der Waals surface area (Å²) in [5.74, 6) is 0.904. The Morgan fingerprint density at radius 3 is 1.27 bits per heavy atom. The first-order valence-electron chi connectivity index (χ1n) is 7.91. The second kappa shape index (κ2) is 8.64. The summed E-state index contributed by atoms with van der Waals surface area (Å²) in [6.07, 6.45) is 4.94. The van der Waals surface area contributed by atoms with E-state index in [9.17, 15) is 0 Å². The van der Waals surface area contributed by atoms with Gasteiger partial charge in [-0.1, -0.05) is 0 Å². The van der Waals surface area contributed by atoms with E-state index in [1.165, 1.54) is 0 Å². The van der Waals surface area contributed by atoms with Crippen LogP contribution in [0.1, 0.15) is 41.5 Å². The van der Waals surface area contributed by atoms with Crippen LogP contribution in [0.3, 0.4) is 0 Å². The maximum Gasteiger partial charge on any atom is -0.147 e. The van der Waals surface area contributed by atoms with Gasteiger partial charge in [0, 0.05) is 0 Å². The predicted molar refractivity (Wildman–Crippen MR) is 105 cm³/mol. The normalized spacial score (nSPS) is 24.2. The molecular weight excluding hydrogens is 494 g/mol. The molecule has 0 saturated heterocycles. The zero-order valence-electron chi connectivity index (χ0n) is 15.2. The fourth-order valence-corrected chi connectivity index (χ4v) is 36.0. The van der Waals surface area contributed by atoms with Gasteiger partial charge in [0.05, 0.1) is 0 Å². The SMILES string of the molecule is CC1=CC(C)=[C]([Hf]([C]2=C(C)C=C(C)C2C)[SiH](C)C)C1C.Cl.Cl. The molecule has 0 amide bonds. The largest absolute Gasteiger partial charge is 0.147 e. The second-order valence-electron chi connectivity index (χ2n) is 6.98. The van der Waals surface area contributed by atoms with Crippen LogP contribution in [0.5, 0.6) is 0 Å². The molecule has 0 N–H and O–H groups in total. The summed E-state index contributed by atoms with van der Waals surface area (Å²) in [4.78, 5) is 0. The quantitative estimate of drug-likeness (QED) is 0.387. The Morgan fingerprint density at radius 2 is 1.09 bits per heavy atom. The van der Waals surface area contributed by atoms with Gasteiger partial charge in [0.15, 0.2) is 0 Å². The molecule has 2 aliphatic carbocycles. The summed E-state index contributed by atoms with van der Waals surface area (Å²) in [7, 11) is 0. The van der Waals surface area contributed by atoms with Gasteiger partial charge in [-0.2, -0.15) is 0 Å². The van der Waals surface area contributed by atoms with E-state index in [4.69, 9.17) is 0 Å². The fraction of sp³-hybridized carbons (Fsp3) is 0.556. The molecule has 0 heterocycles. The Bertz CT molecular complexity index is 509. The number of hydrogen-bond donors (Lipinski definition) is 0. The van der Waals surface area contributed by atoms with Gasteiger partial charge in [-0.3, -0.25) is 0 Å². The molecule has 0 nitrogen and oxygen atoms in total. The van der Waals surface area contributed by atoms with E-state index in [0.717, 1.165) is 11.8 Å². The summed E-state index contributed by atoms with van der Waals surface area (Å²) in [6, 6.07) is 0. The fourth-order valence-electron chi connectivity index (χ4n) is 3.89. The first kappa shape index (κ1) is 22.6. The van der Waals surface area contributed by atoms with Crippen LogP contribution in [0.15, 0.2) is 41.1 Å². The Kier molecular flexibility index (Phi) is 8.89. The smallest absolute Gasteiger partial charge is 0.147 e. The molecule has 2 rings (SSSR count). The van der Waals surface area contributed by atoms with Gasteiger partial charge in [-0.15, -0.1) is 24.8 Å². The zero-order valence-corrected chi connectivity index (χ0v) is 21.6. The molecule has 2 atom stereocenters. The summed E-state index contributed by atoms with van der Waals surface area (Å²) >= 11 is -1.81. The molecule has 0 aromatic heterocycles. The van der Waals surface area contributed by atoms with E-state index in [1.54, 1.807) is 22.3 Å². The van der Waals surface area contributed by atoms with Crippen LogP contribution in [0.2, 0.25) is 13.1 Å². The van der Waals surface area contributed by atoms with Gasteiger partial charge in [0.2, 0.25) is 0 Å². The van der Waals surface area contributed by atoms with E-state index >= 15 is 0 Å². The third kappa shape index (κ3) is 3.99. The number of halogens is 2. The van der Waals surface area contributed by atoms with Gasteiger partial charge >= 0.3 is 134 Å². The first-order valence-corrected chi connectivity index (χ1v) is 20.6. The molecule has 0 saturated carbocycles. The van der Waals surface area contributed by atoms with Crippen molar-refractivity contribution in [2.45, 2.75) is 54.6 Å². The Labute approximate surface area is 158 Å². The second-order valence-corrected chi connectivity index (χ2v) is 33.3. The van der Waals surface area contributed by atoms with E-state index in [0.29, 0.717) is 0 Å². The van der Waals surface area contributed by atoms with Crippen molar-refractivity contribution in [3.8, 4) is 0 Å². The Hall–Kier alpha value is 0.627. The van der Waals surface area contributed by atoms with Crippen LogP contribution in [0, 0.1) is 11.8 Å². The van der Waals surface area contributed by atoms with Crippen molar-refractivity contribution in [2.24, 2.45) is 11.8 Å². The minimum atomic E-state index is -1.81. The van der Waals surface area contributed by atoms with Crippen LogP contribution < -0.4 is 0 Å². The van der Waals surface area contributed by atoms with Gasteiger partial charge < -0.3 is 0 Å². The third-order valence-corrected chi connectivity index (χ3v) is 33.9. The predicted octanol–water partition coefficient (Wildman–Crippen LogP) is 6.17. The number of allylic oxidation sites excluding steroid dienone is 8. The van der Waals surface area contributed by atoms with Crippen molar-refractivity contribution in [1.82, 2.24) is 0 Å². The third-order valence-electron chi connectivity index (χ3n) is 5.13. The molecule has 2 unspecified atom stereocenters. The first-order chi connectivity index (χ1) is 9.25. The van der Waals surface area contributed by atoms with Crippen LogP contribution in [0.4, 0.5) is 0 Å². The van der Waals surface area contributed by atoms with Crippen molar-refractivity contribution in [3.63, 3.8) is 0 Å². The molecule has 0 fully saturated rings. The minimum absolute atomic E-state index is 0. The maximum absolute atomic E-state index is 2.61. The van der Waals surface area contributed by atoms with Crippen molar-refractivity contribution in [2.75, 3.05) is 0 Å². The summed E-state index contributed by atoms with van der Waals surface area (Å²) in [5.41, 5.74) is 6.47. The zero-order chi connectivity index (χ0) is 15.2. The van der Waals surface area contributed by atoms with Gasteiger partial charge in [0.25, 0.3) is 0 Å². The topological polar surface area (TPSA) is 0 Å². The Balaban J connectivity index is 0.00000220. The average Bonchev–Trinajstić information content (AvgIpc) is 2.72. The Morgan fingerprint density at radius 1 is 0.773 bits per heavy atom. The molecule has 0 aliphatic heterocycles. The van der Waals surface area contributed by atoms with Gasteiger partial charge in [0.1, 0.15) is 0 Å². The van der Waals surface area contributed by atoms with E-state index < -0.39 is 26.6 Å². The molecule has 0 bridgehead atoms. The molecule has 0 spiro atoms. The van der Waals surface area contributed by atoms with Crippen molar-refractivity contribution in [1.29, 1.82) is 0 Å². The molecule has 22 heavy (non-hydrogen) atoms. The van der Waals surface area contributed by atoms with Crippen molar-refractivity contribution in [3.05, 3.63) is 41.1 Å². The van der Waals surface area contributed by atoms with Crippen LogP contribution in [-0.2, 0) is 20.6 Å². The maximum atomic E-state index is 2.61.